The molecule has 1 nitrogen and oxygen atoms in total. The van der Waals surface area contributed by atoms with Crippen LogP contribution < -0.4 is 0 Å². The van der Waals surface area contributed by atoms with Crippen LogP contribution in [0.2, 0.25) is 0 Å². The molecule has 0 aliphatic carbocycles. The minimum absolute atomic E-state index is 0.0227. The van der Waals surface area contributed by atoms with E-state index in [1.54, 1.807) is 0 Å². The molecule has 0 bridgehead atoms. The van der Waals surface area contributed by atoms with E-state index < -0.39 is 76.1 Å². The van der Waals surface area contributed by atoms with Gasteiger partial charge in [-0.15, -0.1) is 0 Å². The van der Waals surface area contributed by atoms with Crippen LogP contribution >= 0.6 is 0 Å². The van der Waals surface area contributed by atoms with E-state index in [9.17, 15) is 74.6 Å². The van der Waals surface area contributed by atoms with Crippen LogP contribution in [-0.2, 0) is 4.43 Å². The van der Waals surface area contributed by atoms with Gasteiger partial charge in [-0.1, -0.05) is 13.8 Å². The van der Waals surface area contributed by atoms with E-state index in [-0.39, 0.29) is 13.8 Å². The van der Waals surface area contributed by atoms with Crippen LogP contribution in [0.1, 0.15) is 20.8 Å². The summed E-state index contributed by atoms with van der Waals surface area (Å²) >= 11 is 0. The van der Waals surface area contributed by atoms with Crippen LogP contribution in [0.15, 0.2) is 0 Å². The molecule has 0 aliphatic rings. The number of rotatable bonds is 11. The van der Waals surface area contributed by atoms with E-state index in [0.29, 0.717) is 6.92 Å². The molecular weight excluding hydrogens is 535 g/mol. The summed E-state index contributed by atoms with van der Waals surface area (Å²) < 4.78 is 233. The fraction of sp³-hybridized carbons (Fsp3) is 1.00. The van der Waals surface area contributed by atoms with Crippen molar-refractivity contribution in [2.75, 3.05) is 0 Å². The first kappa shape index (κ1) is 32.0. The van der Waals surface area contributed by atoms with E-state index in [4.69, 9.17) is 0 Å². The first-order valence-corrected chi connectivity index (χ1v) is 9.00. The molecule has 0 aromatic heterocycles. The van der Waals surface area contributed by atoms with Crippen LogP contribution in [0.4, 0.5) is 74.6 Å². The molecule has 33 heavy (non-hydrogen) atoms. The lowest BCUT2D eigenvalue weighted by atomic mass is 9.74. The smallest absolute Gasteiger partial charge is 0.384 e. The Bertz CT molecular complexity index is 689. The maximum absolute atomic E-state index is 14.2. The summed E-state index contributed by atoms with van der Waals surface area (Å²) in [5, 5.41) is 0. The van der Waals surface area contributed by atoms with E-state index in [0.717, 1.165) is 0 Å². The Balaban J connectivity index is 6.89. The molecule has 0 saturated heterocycles. The van der Waals surface area contributed by atoms with Gasteiger partial charge in [0.25, 0.3) is 6.43 Å². The predicted molar refractivity (Wildman–Crippen MR) is 79.8 cm³/mol. The molecule has 2 unspecified atom stereocenters. The fourth-order valence-corrected chi connectivity index (χ4v) is 2.87. The number of halogens is 17. The van der Waals surface area contributed by atoms with Crippen molar-refractivity contribution in [3.8, 4) is 0 Å². The highest BCUT2D eigenvalue weighted by atomic mass is 28.2. The first-order chi connectivity index (χ1) is 14.1. The van der Waals surface area contributed by atoms with Gasteiger partial charge in [0.2, 0.25) is 6.17 Å². The highest BCUT2D eigenvalue weighted by Crippen LogP contribution is 2.65. The molecule has 2 atom stereocenters. The molecule has 0 saturated carbocycles. The topological polar surface area (TPSA) is 9.23 Å². The second kappa shape index (κ2) is 8.58. The SMILES string of the molecule is CC(O[SiH3])C(C)(C)C(F)(F)C(F)(F)C(F)(F)C(F)(F)C(F)(F)C(F)(F)C(F)(F)C(F)C(F)F. The monoisotopic (exact) mass is 550 g/mol. The zero-order valence-corrected chi connectivity index (χ0v) is 18.6. The van der Waals surface area contributed by atoms with Crippen molar-refractivity contribution in [2.24, 2.45) is 5.41 Å². The molecule has 0 aliphatic heterocycles. The Morgan fingerprint density at radius 1 is 0.545 bits per heavy atom. The van der Waals surface area contributed by atoms with Crippen molar-refractivity contribution in [3.05, 3.63) is 0 Å². The molecular formula is C14H15F17OSi. The van der Waals surface area contributed by atoms with Gasteiger partial charge in [-0.2, -0.15) is 61.5 Å². The molecule has 0 rings (SSSR count). The predicted octanol–water partition coefficient (Wildman–Crippen LogP) is 5.75. The minimum Gasteiger partial charge on any atom is -0.425 e. The van der Waals surface area contributed by atoms with E-state index in [1.807, 2.05) is 0 Å². The summed E-state index contributed by atoms with van der Waals surface area (Å²) in [6.07, 6.45) is -13.1. The lowest BCUT2D eigenvalue weighted by molar-refractivity contribution is -0.452. The van der Waals surface area contributed by atoms with Gasteiger partial charge in [0.1, 0.15) is 10.5 Å². The van der Waals surface area contributed by atoms with Gasteiger partial charge in [-0.05, 0) is 6.92 Å². The second-order valence-corrected chi connectivity index (χ2v) is 7.88. The third kappa shape index (κ3) is 4.07. The van der Waals surface area contributed by atoms with Gasteiger partial charge in [-0.25, -0.2) is 13.2 Å². The third-order valence-corrected chi connectivity index (χ3v) is 5.84. The summed E-state index contributed by atoms with van der Waals surface area (Å²) in [5.74, 6) is -55.0. The molecule has 200 valence electrons. The van der Waals surface area contributed by atoms with Crippen LogP contribution in [0.3, 0.4) is 0 Å². The Morgan fingerprint density at radius 2 is 0.818 bits per heavy atom. The van der Waals surface area contributed by atoms with Crippen molar-refractivity contribution in [1.82, 2.24) is 0 Å². The Kier molecular flexibility index (Phi) is 8.32. The third-order valence-electron chi connectivity index (χ3n) is 5.14. The van der Waals surface area contributed by atoms with Gasteiger partial charge in [0, 0.05) is 0 Å². The number of hydrogen-bond acceptors (Lipinski definition) is 1. The summed E-state index contributed by atoms with van der Waals surface area (Å²) in [5.41, 5.74) is -3.58. The molecule has 0 N–H and O–H groups in total. The maximum Gasteiger partial charge on any atom is 0.384 e. The Labute approximate surface area is 177 Å². The normalized spacial score (nSPS) is 18.1. The first-order valence-electron chi connectivity index (χ1n) is 8.18. The molecule has 0 amide bonds. The number of alkyl halides is 17. The summed E-state index contributed by atoms with van der Waals surface area (Å²) in [6.45, 7) is 0.589. The fourth-order valence-electron chi connectivity index (χ4n) is 2.28. The maximum atomic E-state index is 14.2. The quantitative estimate of drug-likeness (QED) is 0.235. The highest BCUT2D eigenvalue weighted by Gasteiger charge is 2.94. The summed E-state index contributed by atoms with van der Waals surface area (Å²) in [4.78, 5) is 0. The van der Waals surface area contributed by atoms with Crippen molar-refractivity contribution in [1.29, 1.82) is 0 Å². The lowest BCUT2D eigenvalue weighted by Crippen LogP contribution is -2.75. The molecule has 0 aromatic rings. The average Bonchev–Trinajstić information content (AvgIpc) is 2.64. The van der Waals surface area contributed by atoms with Crippen molar-refractivity contribution < 1.29 is 79.1 Å². The Morgan fingerprint density at radius 3 is 1.09 bits per heavy atom. The Hall–Kier alpha value is -1.01. The average molecular weight is 550 g/mol. The van der Waals surface area contributed by atoms with Gasteiger partial charge in [0.05, 0.1) is 11.5 Å². The van der Waals surface area contributed by atoms with E-state index in [1.165, 1.54) is 0 Å². The van der Waals surface area contributed by atoms with Crippen LogP contribution in [0.25, 0.3) is 0 Å². The molecule has 0 spiro atoms. The zero-order valence-electron chi connectivity index (χ0n) is 16.6. The molecule has 19 heteroatoms. The van der Waals surface area contributed by atoms with E-state index >= 15 is 0 Å². The molecule has 0 radical (unpaired) electrons. The molecule has 0 aromatic carbocycles. The van der Waals surface area contributed by atoms with Gasteiger partial charge in [-0.3, -0.25) is 0 Å². The van der Waals surface area contributed by atoms with Crippen LogP contribution in [0.5, 0.6) is 0 Å². The standard InChI is InChI=1S/C14H15F17OSi/c1-4(32-33)7(2,3)9(20,21)11(24,25)13(28,29)14(30,31)12(26,27)10(22,23)8(18,19)5(15)6(16)17/h4-6H,1-3,33H3. The zero-order chi connectivity index (χ0) is 27.4. The van der Waals surface area contributed by atoms with Crippen molar-refractivity contribution >= 4 is 10.5 Å². The largest absolute Gasteiger partial charge is 0.425 e. The van der Waals surface area contributed by atoms with Gasteiger partial charge in [0.15, 0.2) is 0 Å². The van der Waals surface area contributed by atoms with Crippen molar-refractivity contribution in [2.45, 2.75) is 80.9 Å². The molecule has 0 heterocycles. The van der Waals surface area contributed by atoms with Gasteiger partial charge < -0.3 is 4.43 Å². The summed E-state index contributed by atoms with van der Waals surface area (Å²) in [7, 11) is -0.531. The second-order valence-electron chi connectivity index (χ2n) is 7.41. The lowest BCUT2D eigenvalue weighted by Gasteiger charge is -2.47. The number of hydrogen-bond donors (Lipinski definition) is 0. The van der Waals surface area contributed by atoms with E-state index in [2.05, 4.69) is 4.43 Å². The van der Waals surface area contributed by atoms with Crippen LogP contribution in [-0.4, -0.2) is 70.6 Å². The minimum atomic E-state index is -8.47. The molecule has 0 fully saturated rings. The van der Waals surface area contributed by atoms with Gasteiger partial charge >= 0.3 is 41.5 Å². The van der Waals surface area contributed by atoms with Crippen LogP contribution in [0, 0.1) is 5.41 Å². The van der Waals surface area contributed by atoms with Crippen molar-refractivity contribution in [3.63, 3.8) is 0 Å². The summed E-state index contributed by atoms with van der Waals surface area (Å²) in [6, 6.07) is 0. The highest BCUT2D eigenvalue weighted by molar-refractivity contribution is 5.98.